The SMILES string of the molecule is COC(=O)CSC(C)C(=O)c1ccc(C)cc1. The Morgan fingerprint density at radius 1 is 1.29 bits per heavy atom. The first kappa shape index (κ1) is 13.8. The van der Waals surface area contributed by atoms with Crippen LogP contribution in [-0.2, 0) is 9.53 Å². The first-order chi connectivity index (χ1) is 8.04. The van der Waals surface area contributed by atoms with Gasteiger partial charge in [-0.3, -0.25) is 9.59 Å². The molecule has 17 heavy (non-hydrogen) atoms. The zero-order chi connectivity index (χ0) is 12.8. The average molecular weight is 252 g/mol. The van der Waals surface area contributed by atoms with Gasteiger partial charge in [0.2, 0.25) is 0 Å². The largest absolute Gasteiger partial charge is 0.468 e. The van der Waals surface area contributed by atoms with Crippen molar-refractivity contribution in [1.82, 2.24) is 0 Å². The summed E-state index contributed by atoms with van der Waals surface area (Å²) in [5.74, 6) is -0.0626. The minimum atomic E-state index is -0.307. The van der Waals surface area contributed by atoms with E-state index in [1.807, 2.05) is 31.2 Å². The maximum atomic E-state index is 12.0. The Hall–Kier alpha value is -1.29. The molecule has 0 saturated carbocycles. The molecule has 0 spiro atoms. The Morgan fingerprint density at radius 2 is 1.88 bits per heavy atom. The Morgan fingerprint density at radius 3 is 2.41 bits per heavy atom. The summed E-state index contributed by atoms with van der Waals surface area (Å²) in [4.78, 5) is 22.9. The summed E-state index contributed by atoms with van der Waals surface area (Å²) < 4.78 is 4.53. The van der Waals surface area contributed by atoms with Crippen molar-refractivity contribution in [2.75, 3.05) is 12.9 Å². The van der Waals surface area contributed by atoms with Crippen molar-refractivity contribution in [3.05, 3.63) is 35.4 Å². The molecule has 0 aliphatic carbocycles. The van der Waals surface area contributed by atoms with Gasteiger partial charge in [-0.2, -0.15) is 0 Å². The van der Waals surface area contributed by atoms with Gasteiger partial charge < -0.3 is 4.74 Å². The predicted octanol–water partition coefficient (Wildman–Crippen LogP) is 2.47. The van der Waals surface area contributed by atoms with Gasteiger partial charge in [-0.1, -0.05) is 29.8 Å². The average Bonchev–Trinajstić information content (AvgIpc) is 2.35. The Labute approximate surface area is 106 Å². The van der Waals surface area contributed by atoms with Gasteiger partial charge in [0.05, 0.1) is 18.1 Å². The molecule has 92 valence electrons. The standard InChI is InChI=1S/C13H16O3S/c1-9-4-6-11(7-5-9)13(15)10(2)17-8-12(14)16-3/h4-7,10H,8H2,1-3H3. The third-order valence-corrected chi connectivity index (χ3v) is 3.50. The van der Waals surface area contributed by atoms with Crippen molar-refractivity contribution in [1.29, 1.82) is 0 Å². The summed E-state index contributed by atoms with van der Waals surface area (Å²) in [5.41, 5.74) is 1.80. The Balaban J connectivity index is 2.57. The summed E-state index contributed by atoms with van der Waals surface area (Å²) in [5, 5.41) is -0.239. The van der Waals surface area contributed by atoms with Gasteiger partial charge in [0.15, 0.2) is 5.78 Å². The van der Waals surface area contributed by atoms with Crippen molar-refractivity contribution in [3.8, 4) is 0 Å². The maximum absolute atomic E-state index is 12.0. The number of ketones is 1. The number of esters is 1. The highest BCUT2D eigenvalue weighted by Crippen LogP contribution is 2.16. The molecular weight excluding hydrogens is 236 g/mol. The van der Waals surface area contributed by atoms with Crippen molar-refractivity contribution >= 4 is 23.5 Å². The second kappa shape index (κ2) is 6.45. The first-order valence-electron chi connectivity index (χ1n) is 5.34. The number of aryl methyl sites for hydroxylation is 1. The van der Waals surface area contributed by atoms with Crippen LogP contribution in [0.1, 0.15) is 22.8 Å². The number of carbonyl (C=O) groups is 2. The second-order valence-electron chi connectivity index (χ2n) is 3.76. The van der Waals surface area contributed by atoms with Gasteiger partial charge in [-0.05, 0) is 13.8 Å². The molecule has 0 aliphatic rings. The van der Waals surface area contributed by atoms with Crippen LogP contribution in [0.5, 0.6) is 0 Å². The van der Waals surface area contributed by atoms with Crippen molar-refractivity contribution < 1.29 is 14.3 Å². The van der Waals surface area contributed by atoms with E-state index < -0.39 is 0 Å². The summed E-state index contributed by atoms with van der Waals surface area (Å²) in [6.07, 6.45) is 0. The third kappa shape index (κ3) is 4.23. The van der Waals surface area contributed by atoms with Crippen molar-refractivity contribution in [2.24, 2.45) is 0 Å². The zero-order valence-corrected chi connectivity index (χ0v) is 11.0. The van der Waals surface area contributed by atoms with Crippen LogP contribution < -0.4 is 0 Å². The summed E-state index contributed by atoms with van der Waals surface area (Å²) in [6, 6.07) is 7.44. The number of Topliss-reactive ketones (excluding diaryl/α,β-unsaturated/α-hetero) is 1. The summed E-state index contributed by atoms with van der Waals surface area (Å²) >= 11 is 1.29. The molecule has 0 amide bonds. The molecule has 1 rings (SSSR count). The molecular formula is C13H16O3S. The fraction of sp³-hybridized carbons (Fsp3) is 0.385. The van der Waals surface area contributed by atoms with Crippen LogP contribution in [-0.4, -0.2) is 29.9 Å². The van der Waals surface area contributed by atoms with E-state index >= 15 is 0 Å². The van der Waals surface area contributed by atoms with E-state index in [0.29, 0.717) is 5.56 Å². The fourth-order valence-corrected chi connectivity index (χ4v) is 2.07. The highest BCUT2D eigenvalue weighted by atomic mass is 32.2. The molecule has 0 heterocycles. The highest BCUT2D eigenvalue weighted by molar-refractivity contribution is 8.01. The number of methoxy groups -OCH3 is 1. The Kier molecular flexibility index (Phi) is 5.22. The molecule has 0 bridgehead atoms. The number of carbonyl (C=O) groups excluding carboxylic acids is 2. The van der Waals surface area contributed by atoms with Gasteiger partial charge >= 0.3 is 5.97 Å². The topological polar surface area (TPSA) is 43.4 Å². The van der Waals surface area contributed by atoms with Crippen LogP contribution in [0.3, 0.4) is 0 Å². The number of thioether (sulfide) groups is 1. The lowest BCUT2D eigenvalue weighted by Gasteiger charge is -2.09. The normalized spacial score (nSPS) is 11.9. The van der Waals surface area contributed by atoms with E-state index in [1.165, 1.54) is 18.9 Å². The van der Waals surface area contributed by atoms with Crippen molar-refractivity contribution in [3.63, 3.8) is 0 Å². The lowest BCUT2D eigenvalue weighted by atomic mass is 10.1. The molecule has 1 aromatic rings. The molecule has 1 aromatic carbocycles. The Bertz CT molecular complexity index is 398. The molecule has 0 radical (unpaired) electrons. The van der Waals surface area contributed by atoms with E-state index in [1.54, 1.807) is 6.92 Å². The molecule has 3 nitrogen and oxygen atoms in total. The highest BCUT2D eigenvalue weighted by Gasteiger charge is 2.16. The quantitative estimate of drug-likeness (QED) is 0.596. The number of benzene rings is 1. The number of ether oxygens (including phenoxy) is 1. The van der Waals surface area contributed by atoms with E-state index in [4.69, 9.17) is 0 Å². The van der Waals surface area contributed by atoms with E-state index in [0.717, 1.165) is 5.56 Å². The molecule has 0 saturated heterocycles. The lowest BCUT2D eigenvalue weighted by molar-refractivity contribution is -0.137. The van der Waals surface area contributed by atoms with Crippen LogP contribution in [0, 0.1) is 6.92 Å². The van der Waals surface area contributed by atoms with Crippen LogP contribution in [0.25, 0.3) is 0 Å². The van der Waals surface area contributed by atoms with E-state index in [-0.39, 0.29) is 22.8 Å². The van der Waals surface area contributed by atoms with Crippen LogP contribution in [0.2, 0.25) is 0 Å². The zero-order valence-electron chi connectivity index (χ0n) is 10.2. The molecule has 0 N–H and O–H groups in total. The van der Waals surface area contributed by atoms with Crippen LogP contribution >= 0.6 is 11.8 Å². The number of hydrogen-bond acceptors (Lipinski definition) is 4. The van der Waals surface area contributed by atoms with Crippen LogP contribution in [0.15, 0.2) is 24.3 Å². The van der Waals surface area contributed by atoms with Crippen molar-refractivity contribution in [2.45, 2.75) is 19.1 Å². The van der Waals surface area contributed by atoms with Gasteiger partial charge in [0.1, 0.15) is 0 Å². The summed E-state index contributed by atoms with van der Waals surface area (Å²) in [6.45, 7) is 3.78. The number of rotatable bonds is 5. The fourth-order valence-electron chi connectivity index (χ4n) is 1.28. The first-order valence-corrected chi connectivity index (χ1v) is 6.38. The third-order valence-electron chi connectivity index (χ3n) is 2.38. The van der Waals surface area contributed by atoms with Gasteiger partial charge in [0.25, 0.3) is 0 Å². The van der Waals surface area contributed by atoms with Gasteiger partial charge in [-0.25, -0.2) is 0 Å². The minimum absolute atomic E-state index is 0.0407. The smallest absolute Gasteiger partial charge is 0.315 e. The predicted molar refractivity (Wildman–Crippen MR) is 69.4 cm³/mol. The molecule has 1 atom stereocenters. The summed E-state index contributed by atoms with van der Waals surface area (Å²) in [7, 11) is 1.34. The van der Waals surface area contributed by atoms with E-state index in [9.17, 15) is 9.59 Å². The number of hydrogen-bond donors (Lipinski definition) is 0. The maximum Gasteiger partial charge on any atom is 0.315 e. The van der Waals surface area contributed by atoms with Crippen LogP contribution in [0.4, 0.5) is 0 Å². The minimum Gasteiger partial charge on any atom is -0.468 e. The van der Waals surface area contributed by atoms with E-state index in [2.05, 4.69) is 4.74 Å². The monoisotopic (exact) mass is 252 g/mol. The molecule has 4 heteroatoms. The molecule has 1 unspecified atom stereocenters. The molecule has 0 aromatic heterocycles. The second-order valence-corrected chi connectivity index (χ2v) is 5.09. The lowest BCUT2D eigenvalue weighted by Crippen LogP contribution is -2.16. The van der Waals surface area contributed by atoms with Gasteiger partial charge in [0, 0.05) is 5.56 Å². The molecule has 0 fully saturated rings. The molecule has 0 aliphatic heterocycles. The van der Waals surface area contributed by atoms with Gasteiger partial charge in [-0.15, -0.1) is 11.8 Å².